The van der Waals surface area contributed by atoms with Gasteiger partial charge in [0.05, 0.1) is 11.6 Å². The average molecular weight is 241 g/mol. The average Bonchev–Trinajstić information content (AvgIpc) is 2.44. The molecule has 0 aliphatic rings. The Hall–Kier alpha value is -1.71. The molecule has 0 bridgehead atoms. The highest BCUT2D eigenvalue weighted by atomic mass is 15.2. The van der Waals surface area contributed by atoms with Crippen LogP contribution in [0.2, 0.25) is 0 Å². The molecule has 0 saturated heterocycles. The molecule has 0 amide bonds. The second kappa shape index (κ2) is 5.76. The van der Waals surface area contributed by atoms with Crippen LogP contribution in [0.4, 0.5) is 0 Å². The molecule has 2 rings (SSSR count). The third-order valence-corrected chi connectivity index (χ3v) is 3.25. The summed E-state index contributed by atoms with van der Waals surface area (Å²) in [5.74, 6) is 5.69. The van der Waals surface area contributed by atoms with Crippen LogP contribution in [0.25, 0.3) is 10.9 Å². The second-order valence-corrected chi connectivity index (χ2v) is 4.44. The van der Waals surface area contributed by atoms with Gasteiger partial charge in [0.25, 0.3) is 0 Å². The molecule has 0 radical (unpaired) electrons. The summed E-state index contributed by atoms with van der Waals surface area (Å²) in [4.78, 5) is 4.37. The monoisotopic (exact) mass is 241 g/mol. The number of rotatable bonds is 5. The summed E-state index contributed by atoms with van der Waals surface area (Å²) in [6, 6.07) is 10.2. The van der Waals surface area contributed by atoms with E-state index in [1.165, 1.54) is 11.1 Å². The number of hydrogen-bond acceptors (Lipinski definition) is 3. The molecule has 0 fully saturated rings. The molecule has 0 saturated carbocycles. The van der Waals surface area contributed by atoms with Crippen molar-refractivity contribution in [1.29, 1.82) is 0 Å². The van der Waals surface area contributed by atoms with Crippen molar-refractivity contribution in [2.75, 3.05) is 0 Å². The van der Waals surface area contributed by atoms with Crippen molar-refractivity contribution < 1.29 is 0 Å². The number of nitrogens with zero attached hydrogens (tertiary/aromatic N) is 1. The number of pyridine rings is 1. The van der Waals surface area contributed by atoms with E-state index in [4.69, 9.17) is 5.84 Å². The highest BCUT2D eigenvalue weighted by molar-refractivity contribution is 5.82. The van der Waals surface area contributed by atoms with Gasteiger partial charge in [-0.25, -0.2) is 0 Å². The summed E-state index contributed by atoms with van der Waals surface area (Å²) in [6.45, 7) is 6.17. The fraction of sp³-hybridized carbons (Fsp3) is 0.267. The molecule has 3 nitrogen and oxygen atoms in total. The van der Waals surface area contributed by atoms with Crippen LogP contribution in [0, 0.1) is 0 Å². The predicted octanol–water partition coefficient (Wildman–Crippen LogP) is 3.10. The zero-order valence-electron chi connectivity index (χ0n) is 10.7. The van der Waals surface area contributed by atoms with Crippen molar-refractivity contribution in [2.45, 2.75) is 25.8 Å². The first kappa shape index (κ1) is 12.7. The van der Waals surface area contributed by atoms with E-state index in [0.717, 1.165) is 23.7 Å². The SMILES string of the molecule is C=C(CC)CC(NN)c1cccc2ncccc12. The summed E-state index contributed by atoms with van der Waals surface area (Å²) < 4.78 is 0. The van der Waals surface area contributed by atoms with Crippen LogP contribution in [-0.2, 0) is 0 Å². The molecular weight excluding hydrogens is 222 g/mol. The van der Waals surface area contributed by atoms with Crippen LogP contribution >= 0.6 is 0 Å². The molecule has 2 aromatic rings. The highest BCUT2D eigenvalue weighted by Gasteiger charge is 2.13. The Morgan fingerprint density at radius 1 is 1.39 bits per heavy atom. The number of hydrazine groups is 1. The Kier molecular flexibility index (Phi) is 4.07. The van der Waals surface area contributed by atoms with Crippen LogP contribution in [-0.4, -0.2) is 4.98 Å². The van der Waals surface area contributed by atoms with Gasteiger partial charge in [-0.15, -0.1) is 0 Å². The van der Waals surface area contributed by atoms with Gasteiger partial charge in [-0.2, -0.15) is 0 Å². The van der Waals surface area contributed by atoms with E-state index in [-0.39, 0.29) is 6.04 Å². The van der Waals surface area contributed by atoms with Gasteiger partial charge in [-0.1, -0.05) is 37.3 Å². The molecule has 1 aromatic carbocycles. The molecule has 1 aromatic heterocycles. The summed E-state index contributed by atoms with van der Waals surface area (Å²) in [5, 5.41) is 1.15. The van der Waals surface area contributed by atoms with Crippen molar-refractivity contribution in [3.05, 3.63) is 54.2 Å². The highest BCUT2D eigenvalue weighted by Crippen LogP contribution is 2.27. The topological polar surface area (TPSA) is 50.9 Å². The van der Waals surface area contributed by atoms with Crippen LogP contribution in [0.3, 0.4) is 0 Å². The minimum absolute atomic E-state index is 0.0883. The van der Waals surface area contributed by atoms with Crippen molar-refractivity contribution in [3.8, 4) is 0 Å². The van der Waals surface area contributed by atoms with Crippen molar-refractivity contribution in [1.82, 2.24) is 10.4 Å². The second-order valence-electron chi connectivity index (χ2n) is 4.44. The molecule has 3 N–H and O–H groups in total. The van der Waals surface area contributed by atoms with Crippen molar-refractivity contribution in [2.24, 2.45) is 5.84 Å². The van der Waals surface area contributed by atoms with E-state index < -0.39 is 0 Å². The zero-order valence-corrected chi connectivity index (χ0v) is 10.7. The third-order valence-electron chi connectivity index (χ3n) is 3.25. The van der Waals surface area contributed by atoms with Gasteiger partial charge in [-0.05, 0) is 30.5 Å². The first-order valence-electron chi connectivity index (χ1n) is 6.22. The lowest BCUT2D eigenvalue weighted by Crippen LogP contribution is -2.28. The Morgan fingerprint density at radius 3 is 2.94 bits per heavy atom. The van der Waals surface area contributed by atoms with E-state index in [9.17, 15) is 0 Å². The molecule has 0 aliphatic heterocycles. The fourth-order valence-electron chi connectivity index (χ4n) is 2.12. The Labute approximate surface area is 108 Å². The van der Waals surface area contributed by atoms with Crippen LogP contribution in [0.15, 0.2) is 48.7 Å². The first-order chi connectivity index (χ1) is 8.76. The minimum Gasteiger partial charge on any atom is -0.271 e. The van der Waals surface area contributed by atoms with Crippen molar-refractivity contribution >= 4 is 10.9 Å². The molecule has 0 aliphatic carbocycles. The summed E-state index contributed by atoms with van der Waals surface area (Å²) in [7, 11) is 0. The lowest BCUT2D eigenvalue weighted by molar-refractivity contribution is 0.548. The van der Waals surface area contributed by atoms with Gasteiger partial charge in [0.2, 0.25) is 0 Å². The van der Waals surface area contributed by atoms with Gasteiger partial charge in [0.1, 0.15) is 0 Å². The molecule has 1 heterocycles. The number of nitrogens with one attached hydrogen (secondary N) is 1. The number of hydrogen-bond donors (Lipinski definition) is 2. The third kappa shape index (κ3) is 2.58. The Balaban J connectivity index is 2.41. The van der Waals surface area contributed by atoms with E-state index in [2.05, 4.69) is 36.0 Å². The Morgan fingerprint density at radius 2 is 2.22 bits per heavy atom. The quantitative estimate of drug-likeness (QED) is 0.480. The first-order valence-corrected chi connectivity index (χ1v) is 6.22. The molecular formula is C15H19N3. The van der Waals surface area contributed by atoms with E-state index in [1.54, 1.807) is 0 Å². The van der Waals surface area contributed by atoms with Crippen LogP contribution in [0.1, 0.15) is 31.4 Å². The standard InChI is InChI=1S/C15H19N3/c1-3-11(2)10-15(18-16)13-6-4-8-14-12(13)7-5-9-17-14/h4-9,15,18H,2-3,10,16H2,1H3. The van der Waals surface area contributed by atoms with Gasteiger partial charge in [0.15, 0.2) is 0 Å². The maximum absolute atomic E-state index is 5.69. The number of benzene rings is 1. The van der Waals surface area contributed by atoms with Crippen LogP contribution < -0.4 is 11.3 Å². The van der Waals surface area contributed by atoms with Crippen LogP contribution in [0.5, 0.6) is 0 Å². The summed E-state index contributed by atoms with van der Waals surface area (Å²) in [6.07, 6.45) is 3.63. The van der Waals surface area contributed by atoms with E-state index in [0.29, 0.717) is 0 Å². The van der Waals surface area contributed by atoms with E-state index >= 15 is 0 Å². The maximum atomic E-state index is 5.69. The Bertz CT molecular complexity index is 543. The molecule has 18 heavy (non-hydrogen) atoms. The smallest absolute Gasteiger partial charge is 0.0705 e. The lowest BCUT2D eigenvalue weighted by Gasteiger charge is -2.19. The molecule has 0 spiro atoms. The molecule has 1 unspecified atom stereocenters. The molecule has 1 atom stereocenters. The van der Waals surface area contributed by atoms with Gasteiger partial charge in [-0.3, -0.25) is 16.3 Å². The predicted molar refractivity (Wildman–Crippen MR) is 75.9 cm³/mol. The minimum atomic E-state index is 0.0883. The summed E-state index contributed by atoms with van der Waals surface area (Å²) in [5.41, 5.74) is 6.26. The molecule has 94 valence electrons. The number of nitrogens with two attached hydrogens (primary N) is 1. The molecule has 3 heteroatoms. The van der Waals surface area contributed by atoms with Gasteiger partial charge < -0.3 is 0 Å². The lowest BCUT2D eigenvalue weighted by atomic mass is 9.95. The maximum Gasteiger partial charge on any atom is 0.0705 e. The fourth-order valence-corrected chi connectivity index (χ4v) is 2.12. The summed E-state index contributed by atoms with van der Waals surface area (Å²) >= 11 is 0. The van der Waals surface area contributed by atoms with Crippen molar-refractivity contribution in [3.63, 3.8) is 0 Å². The largest absolute Gasteiger partial charge is 0.271 e. The number of aromatic nitrogens is 1. The normalized spacial score (nSPS) is 12.6. The zero-order chi connectivity index (χ0) is 13.0. The van der Waals surface area contributed by atoms with Gasteiger partial charge in [0, 0.05) is 11.6 Å². The van der Waals surface area contributed by atoms with Gasteiger partial charge >= 0.3 is 0 Å². The number of fused-ring (bicyclic) bond motifs is 1. The van der Waals surface area contributed by atoms with E-state index in [1.807, 2.05) is 24.4 Å².